The van der Waals surface area contributed by atoms with Gasteiger partial charge in [0.2, 0.25) is 10.0 Å². The third kappa shape index (κ3) is 4.98. The molecule has 2 aromatic carbocycles. The standard InChI is InChI=1S/C22H29ClN4O2S/c1-24-10-14-26(15-11-24)21-6-2-19(3-7-21)18-25-12-16-27(17-13-25)30(28,29)22-8-4-20(23)5-9-22/h2-9H,10-18H2,1H3. The number of hydrogen-bond acceptors (Lipinski definition) is 5. The van der Waals surface area contributed by atoms with Crippen LogP contribution in [0.5, 0.6) is 0 Å². The monoisotopic (exact) mass is 448 g/mol. The van der Waals surface area contributed by atoms with Gasteiger partial charge in [-0.1, -0.05) is 23.7 Å². The molecule has 0 saturated carbocycles. The molecule has 0 atom stereocenters. The summed E-state index contributed by atoms with van der Waals surface area (Å²) in [6, 6.07) is 15.2. The van der Waals surface area contributed by atoms with Gasteiger partial charge < -0.3 is 9.80 Å². The van der Waals surface area contributed by atoms with Crippen molar-refractivity contribution >= 4 is 27.3 Å². The van der Waals surface area contributed by atoms with E-state index in [9.17, 15) is 8.42 Å². The van der Waals surface area contributed by atoms with Crippen LogP contribution in [0.1, 0.15) is 5.56 Å². The van der Waals surface area contributed by atoms with Crippen LogP contribution in [0.15, 0.2) is 53.4 Å². The van der Waals surface area contributed by atoms with Crippen molar-refractivity contribution in [1.82, 2.24) is 14.1 Å². The molecular weight excluding hydrogens is 420 g/mol. The minimum atomic E-state index is -3.46. The van der Waals surface area contributed by atoms with E-state index in [1.54, 1.807) is 28.6 Å². The number of sulfonamides is 1. The summed E-state index contributed by atoms with van der Waals surface area (Å²) in [4.78, 5) is 7.42. The quantitative estimate of drug-likeness (QED) is 0.703. The molecule has 2 aromatic rings. The molecule has 0 amide bonds. The number of benzene rings is 2. The molecule has 6 nitrogen and oxygen atoms in total. The Kier molecular flexibility index (Phi) is 6.65. The molecule has 2 heterocycles. The Labute approximate surface area is 184 Å². The third-order valence-electron chi connectivity index (χ3n) is 5.99. The summed E-state index contributed by atoms with van der Waals surface area (Å²) in [5, 5.41) is 0.539. The first-order chi connectivity index (χ1) is 14.4. The molecular formula is C22H29ClN4O2S. The van der Waals surface area contributed by atoms with Crippen molar-refractivity contribution in [2.24, 2.45) is 0 Å². The zero-order chi connectivity index (χ0) is 21.1. The highest BCUT2D eigenvalue weighted by Gasteiger charge is 2.28. The molecule has 0 spiro atoms. The molecule has 0 unspecified atom stereocenters. The van der Waals surface area contributed by atoms with Crippen molar-refractivity contribution in [3.05, 3.63) is 59.1 Å². The number of nitrogens with zero attached hydrogens (tertiary/aromatic N) is 4. The fraction of sp³-hybridized carbons (Fsp3) is 0.455. The Bertz CT molecular complexity index is 934. The summed E-state index contributed by atoms with van der Waals surface area (Å²) in [6.45, 7) is 7.66. The molecule has 0 aromatic heterocycles. The topological polar surface area (TPSA) is 47.1 Å². The van der Waals surface area contributed by atoms with Crippen LogP contribution < -0.4 is 4.90 Å². The predicted molar refractivity (Wildman–Crippen MR) is 122 cm³/mol. The van der Waals surface area contributed by atoms with E-state index in [2.05, 4.69) is 46.0 Å². The number of anilines is 1. The second kappa shape index (κ2) is 9.24. The average molecular weight is 449 g/mol. The smallest absolute Gasteiger partial charge is 0.243 e. The lowest BCUT2D eigenvalue weighted by molar-refractivity contribution is 0.181. The first-order valence-corrected chi connectivity index (χ1v) is 12.2. The maximum atomic E-state index is 12.8. The first-order valence-electron chi connectivity index (χ1n) is 10.4. The molecule has 0 N–H and O–H groups in total. The van der Waals surface area contributed by atoms with Gasteiger partial charge in [-0.3, -0.25) is 4.90 Å². The summed E-state index contributed by atoms with van der Waals surface area (Å²) in [5.74, 6) is 0. The van der Waals surface area contributed by atoms with Gasteiger partial charge in [0.1, 0.15) is 0 Å². The predicted octanol–water partition coefficient (Wildman–Crippen LogP) is 2.60. The van der Waals surface area contributed by atoms with Gasteiger partial charge in [0.25, 0.3) is 0 Å². The Morgan fingerprint density at radius 2 is 1.40 bits per heavy atom. The van der Waals surface area contributed by atoms with Crippen molar-refractivity contribution in [3.63, 3.8) is 0 Å². The maximum Gasteiger partial charge on any atom is 0.243 e. The summed E-state index contributed by atoms with van der Waals surface area (Å²) in [7, 11) is -1.29. The number of rotatable bonds is 5. The average Bonchev–Trinajstić information content (AvgIpc) is 2.76. The van der Waals surface area contributed by atoms with Crippen LogP contribution in [-0.2, 0) is 16.6 Å². The molecule has 162 valence electrons. The molecule has 0 bridgehead atoms. The molecule has 2 fully saturated rings. The van der Waals surface area contributed by atoms with Crippen LogP contribution in [0.3, 0.4) is 0 Å². The van der Waals surface area contributed by atoms with E-state index in [4.69, 9.17) is 11.6 Å². The van der Waals surface area contributed by atoms with Crippen LogP contribution in [0.25, 0.3) is 0 Å². The third-order valence-corrected chi connectivity index (χ3v) is 8.16. The Morgan fingerprint density at radius 1 is 0.800 bits per heavy atom. The molecule has 2 aliphatic rings. The number of halogens is 1. The van der Waals surface area contributed by atoms with Crippen molar-refractivity contribution in [1.29, 1.82) is 0 Å². The lowest BCUT2D eigenvalue weighted by Gasteiger charge is -2.35. The number of piperazine rings is 2. The summed E-state index contributed by atoms with van der Waals surface area (Å²) in [5.41, 5.74) is 2.55. The van der Waals surface area contributed by atoms with E-state index in [1.807, 2.05) is 0 Å². The van der Waals surface area contributed by atoms with Gasteiger partial charge in [0, 0.05) is 69.6 Å². The van der Waals surface area contributed by atoms with Gasteiger partial charge in [0.15, 0.2) is 0 Å². The van der Waals surface area contributed by atoms with Crippen molar-refractivity contribution in [2.45, 2.75) is 11.4 Å². The van der Waals surface area contributed by atoms with Gasteiger partial charge >= 0.3 is 0 Å². The lowest BCUT2D eigenvalue weighted by Crippen LogP contribution is -2.48. The highest BCUT2D eigenvalue weighted by atomic mass is 35.5. The van der Waals surface area contributed by atoms with Crippen LogP contribution >= 0.6 is 11.6 Å². The molecule has 0 aliphatic carbocycles. The highest BCUT2D eigenvalue weighted by molar-refractivity contribution is 7.89. The fourth-order valence-electron chi connectivity index (χ4n) is 4.02. The highest BCUT2D eigenvalue weighted by Crippen LogP contribution is 2.21. The molecule has 8 heteroatoms. The summed E-state index contributed by atoms with van der Waals surface area (Å²) in [6.07, 6.45) is 0. The minimum Gasteiger partial charge on any atom is -0.369 e. The van der Waals surface area contributed by atoms with Crippen LogP contribution in [0.2, 0.25) is 5.02 Å². The van der Waals surface area contributed by atoms with Gasteiger partial charge in [0.05, 0.1) is 4.90 Å². The molecule has 4 rings (SSSR count). The van der Waals surface area contributed by atoms with E-state index < -0.39 is 10.0 Å². The molecule has 2 aliphatic heterocycles. The number of likely N-dealkylation sites (N-methyl/N-ethyl adjacent to an activating group) is 1. The molecule has 2 saturated heterocycles. The maximum absolute atomic E-state index is 12.8. The minimum absolute atomic E-state index is 0.305. The Hall–Kier alpha value is -1.64. The normalized spacial score (nSPS) is 19.9. The van der Waals surface area contributed by atoms with Crippen molar-refractivity contribution in [2.75, 3.05) is 64.3 Å². The van der Waals surface area contributed by atoms with Crippen molar-refractivity contribution < 1.29 is 8.42 Å². The van der Waals surface area contributed by atoms with Gasteiger partial charge in [-0.15, -0.1) is 0 Å². The van der Waals surface area contributed by atoms with E-state index in [-0.39, 0.29) is 0 Å². The summed E-state index contributed by atoms with van der Waals surface area (Å²) < 4.78 is 27.2. The lowest BCUT2D eigenvalue weighted by atomic mass is 10.1. The SMILES string of the molecule is CN1CCN(c2ccc(CN3CCN(S(=O)(=O)c4ccc(Cl)cc4)CC3)cc2)CC1. The first kappa shape index (κ1) is 21.6. The van der Waals surface area contributed by atoms with Gasteiger partial charge in [-0.05, 0) is 49.0 Å². The van der Waals surface area contributed by atoms with E-state index >= 15 is 0 Å². The molecule has 0 radical (unpaired) electrons. The van der Waals surface area contributed by atoms with Crippen molar-refractivity contribution in [3.8, 4) is 0 Å². The molecule has 30 heavy (non-hydrogen) atoms. The van der Waals surface area contributed by atoms with Crippen LogP contribution in [0, 0.1) is 0 Å². The Morgan fingerprint density at radius 3 is 2.00 bits per heavy atom. The van der Waals surface area contributed by atoms with Gasteiger partial charge in [-0.2, -0.15) is 4.31 Å². The van der Waals surface area contributed by atoms with Crippen LogP contribution in [0.4, 0.5) is 5.69 Å². The zero-order valence-electron chi connectivity index (χ0n) is 17.4. The fourth-order valence-corrected chi connectivity index (χ4v) is 5.57. The van der Waals surface area contributed by atoms with E-state index in [0.717, 1.165) is 45.8 Å². The largest absolute Gasteiger partial charge is 0.369 e. The van der Waals surface area contributed by atoms with E-state index in [0.29, 0.717) is 23.0 Å². The second-order valence-electron chi connectivity index (χ2n) is 8.09. The van der Waals surface area contributed by atoms with Gasteiger partial charge in [-0.25, -0.2) is 8.42 Å². The second-order valence-corrected chi connectivity index (χ2v) is 10.5. The number of hydrogen-bond donors (Lipinski definition) is 0. The summed E-state index contributed by atoms with van der Waals surface area (Å²) >= 11 is 5.88. The Balaban J connectivity index is 1.31. The van der Waals surface area contributed by atoms with E-state index in [1.165, 1.54) is 11.3 Å². The van der Waals surface area contributed by atoms with Crippen LogP contribution in [-0.4, -0.2) is 81.9 Å². The zero-order valence-corrected chi connectivity index (χ0v) is 18.9.